The highest BCUT2D eigenvalue weighted by Gasteiger charge is 2.32. The molecule has 0 spiro atoms. The number of imidazole rings is 2. The fourth-order valence-electron chi connectivity index (χ4n) is 7.15. The van der Waals surface area contributed by atoms with E-state index in [1.165, 1.54) is 0 Å². The highest BCUT2D eigenvalue weighted by molar-refractivity contribution is 5.79. The molecule has 3 atom stereocenters. The number of benzene rings is 4. The smallest absolute Gasteiger partial charge is 0.312 e. The summed E-state index contributed by atoms with van der Waals surface area (Å²) in [6, 6.07) is 35.8. The van der Waals surface area contributed by atoms with Crippen molar-refractivity contribution in [2.24, 2.45) is 5.73 Å². The van der Waals surface area contributed by atoms with Gasteiger partial charge in [-0.05, 0) is 81.1 Å². The van der Waals surface area contributed by atoms with Crippen LogP contribution in [0.2, 0.25) is 0 Å². The molecule has 344 valence electrons. The lowest BCUT2D eigenvalue weighted by Crippen LogP contribution is -2.32. The van der Waals surface area contributed by atoms with Gasteiger partial charge in [-0.25, -0.2) is 14.8 Å². The summed E-state index contributed by atoms with van der Waals surface area (Å²) >= 11 is 0. The van der Waals surface area contributed by atoms with E-state index in [4.69, 9.17) is 4.98 Å². The number of aliphatic hydroxyl groups is 1. The molecule has 1 aliphatic rings. The van der Waals surface area contributed by atoms with Gasteiger partial charge >= 0.3 is 6.03 Å². The van der Waals surface area contributed by atoms with Crippen LogP contribution in [0.3, 0.4) is 0 Å². The normalized spacial score (nSPS) is 13.7. The highest BCUT2D eigenvalue weighted by atomic mass is 16.3. The van der Waals surface area contributed by atoms with Gasteiger partial charge in [0.15, 0.2) is 0 Å². The zero-order chi connectivity index (χ0) is 47.0. The number of aldehydes is 1. The Kier molecular flexibility index (Phi) is 21.3. The second-order valence-electron chi connectivity index (χ2n) is 15.4. The molecule has 3 heterocycles. The van der Waals surface area contributed by atoms with Gasteiger partial charge in [0, 0.05) is 26.2 Å². The lowest BCUT2D eigenvalue weighted by atomic mass is 10.0. The number of likely N-dealkylation sites (tertiary alicyclic amines) is 1. The van der Waals surface area contributed by atoms with Crippen molar-refractivity contribution in [3.05, 3.63) is 144 Å². The summed E-state index contributed by atoms with van der Waals surface area (Å²) in [6.07, 6.45) is 7.26. The summed E-state index contributed by atoms with van der Waals surface area (Å²) < 4.78 is 0. The summed E-state index contributed by atoms with van der Waals surface area (Å²) in [6.45, 7) is 8.81. The molecule has 15 nitrogen and oxygen atoms in total. The van der Waals surface area contributed by atoms with Crippen molar-refractivity contribution >= 4 is 24.6 Å². The van der Waals surface area contributed by atoms with Gasteiger partial charge in [0.05, 0.1) is 54.9 Å². The molecule has 7 rings (SSSR count). The van der Waals surface area contributed by atoms with Crippen LogP contribution >= 0.6 is 0 Å². The van der Waals surface area contributed by atoms with E-state index in [1.807, 2.05) is 104 Å². The van der Waals surface area contributed by atoms with E-state index in [1.54, 1.807) is 14.0 Å². The quantitative estimate of drug-likeness (QED) is 0.0533. The minimum atomic E-state index is -0.461. The predicted molar refractivity (Wildman–Crippen MR) is 256 cm³/mol. The van der Waals surface area contributed by atoms with E-state index < -0.39 is 6.03 Å². The summed E-state index contributed by atoms with van der Waals surface area (Å²) in [4.78, 5) is 62.7. The number of amides is 4. The Labute approximate surface area is 382 Å². The van der Waals surface area contributed by atoms with E-state index >= 15 is 0 Å². The number of nitrogens with zero attached hydrogens (tertiary/aromatic N) is 4. The Morgan fingerprint density at radius 3 is 1.91 bits per heavy atom. The van der Waals surface area contributed by atoms with E-state index in [0.717, 1.165) is 88.6 Å². The molecule has 4 amide bonds. The maximum absolute atomic E-state index is 13.1. The van der Waals surface area contributed by atoms with Gasteiger partial charge in [-0.1, -0.05) is 109 Å². The lowest BCUT2D eigenvalue weighted by Gasteiger charge is -2.23. The molecule has 8 N–H and O–H groups in total. The molecule has 15 heteroatoms. The van der Waals surface area contributed by atoms with E-state index in [0.29, 0.717) is 32.5 Å². The van der Waals surface area contributed by atoms with Crippen LogP contribution in [-0.2, 0) is 27.3 Å². The Hall–Kier alpha value is -6.94. The first-order chi connectivity index (χ1) is 31.5. The molecule has 0 bridgehead atoms. The van der Waals surface area contributed by atoms with Crippen LogP contribution in [0.1, 0.15) is 68.5 Å². The van der Waals surface area contributed by atoms with Gasteiger partial charge in [-0.15, -0.1) is 0 Å². The van der Waals surface area contributed by atoms with Crippen LogP contribution < -0.4 is 21.7 Å². The number of aromatic nitrogens is 4. The van der Waals surface area contributed by atoms with Gasteiger partial charge < -0.3 is 46.5 Å². The number of likely N-dealkylation sites (N-methyl/N-ethyl adjacent to an activating group) is 2. The second-order valence-corrected chi connectivity index (χ2v) is 15.4. The fourth-order valence-corrected chi connectivity index (χ4v) is 7.15. The monoisotopic (exact) mass is 885 g/mol. The summed E-state index contributed by atoms with van der Waals surface area (Å²) in [5, 5.41) is 17.3. The molecule has 2 aromatic heterocycles. The van der Waals surface area contributed by atoms with Gasteiger partial charge in [0.25, 0.3) is 0 Å². The molecule has 3 unspecified atom stereocenters. The number of hydrogen-bond acceptors (Lipinski definition) is 9. The molecular weight excluding hydrogens is 821 g/mol. The van der Waals surface area contributed by atoms with Crippen LogP contribution in [0.4, 0.5) is 4.79 Å². The van der Waals surface area contributed by atoms with Crippen molar-refractivity contribution in [3.8, 4) is 33.6 Å². The average Bonchev–Trinajstić information content (AvgIpc) is 4.11. The van der Waals surface area contributed by atoms with Crippen LogP contribution in [0, 0.1) is 0 Å². The molecule has 1 fully saturated rings. The number of hydrogen-bond donors (Lipinski definition) is 7. The van der Waals surface area contributed by atoms with Gasteiger partial charge in [-0.3, -0.25) is 14.5 Å². The molecule has 0 radical (unpaired) electrons. The van der Waals surface area contributed by atoms with Crippen molar-refractivity contribution in [1.82, 2.24) is 45.7 Å². The molecule has 6 aromatic rings. The van der Waals surface area contributed by atoms with E-state index in [9.17, 15) is 24.3 Å². The first kappa shape index (κ1) is 50.7. The maximum Gasteiger partial charge on any atom is 0.312 e. The lowest BCUT2D eigenvalue weighted by molar-refractivity contribution is -0.131. The number of primary amides is 1. The molecule has 1 saturated heterocycles. The predicted octanol–water partition coefficient (Wildman–Crippen LogP) is 6.43. The van der Waals surface area contributed by atoms with Crippen LogP contribution in [0.15, 0.2) is 122 Å². The van der Waals surface area contributed by atoms with Gasteiger partial charge in [-0.2, -0.15) is 0 Å². The second kappa shape index (κ2) is 27.3. The summed E-state index contributed by atoms with van der Waals surface area (Å²) in [5.74, 6) is 1.87. The third kappa shape index (κ3) is 16.6. The third-order valence-electron chi connectivity index (χ3n) is 10.3. The van der Waals surface area contributed by atoms with Gasteiger partial charge in [0.2, 0.25) is 12.3 Å². The standard InChI is InChI=1S/C35H38N6O2.C9H11NO.C3H8N2O.C3H7NO/c1-24(42)22-40(2)23-33-36-20-30(38-33)28-14-10-26(11-15-28)27-12-16-29(17-13-27)31-21-37-35(39-31)32-9-6-18-41(32)34(43)19-25-7-4-3-5-8-25;1-10-9(7-11)8-5-3-2-4-6-8;1-2-5-3(4)6;1-2-4-3-5/h3-5,7-8,10-17,20-21,24,32,42H,6,9,18-19,22-23H2,1-2H3,(H,36,38)(H,37,39);2-7,9-10H,1H3;2H2,1H3,(H3,4,5,6);3H,2H2,1H3,(H,4,5). The average molecular weight is 885 g/mol. The Morgan fingerprint density at radius 1 is 0.846 bits per heavy atom. The van der Waals surface area contributed by atoms with Crippen LogP contribution in [0.25, 0.3) is 33.6 Å². The minimum Gasteiger partial charge on any atom is -0.392 e. The van der Waals surface area contributed by atoms with Crippen molar-refractivity contribution in [2.75, 3.05) is 40.3 Å². The molecule has 1 aliphatic heterocycles. The molecular formula is C50H64N10O5. The first-order valence-corrected chi connectivity index (χ1v) is 21.9. The van der Waals surface area contributed by atoms with E-state index in [-0.39, 0.29) is 24.1 Å². The highest BCUT2D eigenvalue weighted by Crippen LogP contribution is 2.33. The van der Waals surface area contributed by atoms with Crippen molar-refractivity contribution in [2.45, 2.75) is 64.8 Å². The SMILES string of the molecule is CC(O)CN(C)Cc1ncc(-c2ccc(-c3ccc(-c4cnc(C5CCCN5C(=O)Cc5ccccc5)[nH]4)cc3)cc2)[nH]1.CCNC(N)=O.CCNC=O.CNC(C=O)c1ccccc1. The Bertz CT molecular complexity index is 2300. The molecule has 0 saturated carbocycles. The number of carbonyl (C=O) groups excluding carboxylic acids is 4. The summed E-state index contributed by atoms with van der Waals surface area (Å²) in [5.41, 5.74) is 13.0. The Balaban J connectivity index is 0.000000345. The molecule has 65 heavy (non-hydrogen) atoms. The van der Waals surface area contributed by atoms with Gasteiger partial charge in [0.1, 0.15) is 17.9 Å². The summed E-state index contributed by atoms with van der Waals surface area (Å²) in [7, 11) is 3.74. The van der Waals surface area contributed by atoms with Crippen molar-refractivity contribution in [1.29, 1.82) is 0 Å². The number of nitrogens with two attached hydrogens (primary N) is 1. The maximum atomic E-state index is 13.1. The Morgan fingerprint density at radius 2 is 1.42 bits per heavy atom. The minimum absolute atomic E-state index is 0.0150. The van der Waals surface area contributed by atoms with Crippen LogP contribution in [0.5, 0.6) is 0 Å². The fraction of sp³-hybridized carbons (Fsp3) is 0.320. The number of aliphatic hydroxyl groups excluding tert-OH is 1. The molecule has 0 aliphatic carbocycles. The largest absolute Gasteiger partial charge is 0.392 e. The number of nitrogens with one attached hydrogen (secondary N) is 5. The number of aromatic amines is 2. The van der Waals surface area contributed by atoms with Crippen molar-refractivity contribution in [3.63, 3.8) is 0 Å². The topological polar surface area (TPSA) is 214 Å². The number of carbonyl (C=O) groups is 4. The number of H-pyrrole nitrogens is 2. The zero-order valence-electron chi connectivity index (χ0n) is 38.0. The first-order valence-electron chi connectivity index (χ1n) is 21.9. The molecule has 4 aromatic carbocycles. The third-order valence-corrected chi connectivity index (χ3v) is 10.3. The number of rotatable bonds is 16. The van der Waals surface area contributed by atoms with E-state index in [2.05, 4.69) is 85.2 Å². The zero-order valence-corrected chi connectivity index (χ0v) is 38.0. The van der Waals surface area contributed by atoms with Crippen molar-refractivity contribution < 1.29 is 24.3 Å². The number of urea groups is 1. The van der Waals surface area contributed by atoms with Crippen LogP contribution in [-0.4, -0.2) is 106 Å².